The number of ether oxygens (including phenoxy) is 1. The average Bonchev–Trinajstić information content (AvgIpc) is 3.19. The van der Waals surface area contributed by atoms with Crippen LogP contribution in [0.5, 0.6) is 0 Å². The van der Waals surface area contributed by atoms with E-state index in [9.17, 15) is 4.79 Å². The predicted molar refractivity (Wildman–Crippen MR) is 117 cm³/mol. The number of rotatable bonds is 6. The van der Waals surface area contributed by atoms with Crippen LogP contribution in [0.4, 0.5) is 5.82 Å². The van der Waals surface area contributed by atoms with E-state index in [4.69, 9.17) is 4.74 Å². The quantitative estimate of drug-likeness (QED) is 0.791. The van der Waals surface area contributed by atoms with E-state index in [1.807, 2.05) is 37.5 Å². The number of likely N-dealkylation sites (tertiary alicyclic amines) is 1. The van der Waals surface area contributed by atoms with Gasteiger partial charge in [0.05, 0.1) is 0 Å². The SMILES string of the molecule is CCOC1CC(C(=O)N[C@@H]2CCN(C)C2)CCN1c1ccc(-c2cccnc2)cn1. The van der Waals surface area contributed by atoms with E-state index in [2.05, 4.69) is 38.2 Å². The highest BCUT2D eigenvalue weighted by Gasteiger charge is 2.34. The summed E-state index contributed by atoms with van der Waals surface area (Å²) in [6, 6.07) is 8.32. The molecule has 0 spiro atoms. The Bertz CT molecular complexity index is 829. The normalized spacial score (nSPS) is 24.7. The van der Waals surface area contributed by atoms with Gasteiger partial charge in [-0.15, -0.1) is 0 Å². The molecule has 0 saturated carbocycles. The summed E-state index contributed by atoms with van der Waals surface area (Å²) in [6.07, 6.45) is 7.88. The zero-order valence-corrected chi connectivity index (χ0v) is 17.8. The highest BCUT2D eigenvalue weighted by Crippen LogP contribution is 2.29. The van der Waals surface area contributed by atoms with Crippen LogP contribution in [0.15, 0.2) is 42.9 Å². The van der Waals surface area contributed by atoms with Crippen molar-refractivity contribution in [2.75, 3.05) is 38.2 Å². The van der Waals surface area contributed by atoms with Gasteiger partial charge in [0.15, 0.2) is 0 Å². The Morgan fingerprint density at radius 3 is 2.73 bits per heavy atom. The van der Waals surface area contributed by atoms with Crippen molar-refractivity contribution < 1.29 is 9.53 Å². The van der Waals surface area contributed by atoms with E-state index >= 15 is 0 Å². The maximum absolute atomic E-state index is 12.8. The van der Waals surface area contributed by atoms with Crippen LogP contribution in [0, 0.1) is 5.92 Å². The summed E-state index contributed by atoms with van der Waals surface area (Å²) in [5.74, 6) is 1.04. The number of pyridine rings is 2. The molecule has 2 aliphatic rings. The van der Waals surface area contributed by atoms with Crippen LogP contribution < -0.4 is 10.2 Å². The molecule has 0 radical (unpaired) electrons. The van der Waals surface area contributed by atoms with Gasteiger partial charge in [-0.25, -0.2) is 4.98 Å². The number of nitrogens with zero attached hydrogens (tertiary/aromatic N) is 4. The third kappa shape index (κ3) is 4.79. The molecular formula is C23H31N5O2. The van der Waals surface area contributed by atoms with Gasteiger partial charge < -0.3 is 19.9 Å². The van der Waals surface area contributed by atoms with E-state index in [1.165, 1.54) is 0 Å². The van der Waals surface area contributed by atoms with Gasteiger partial charge in [0.1, 0.15) is 12.0 Å². The Morgan fingerprint density at radius 1 is 1.20 bits per heavy atom. The minimum atomic E-state index is -0.137. The summed E-state index contributed by atoms with van der Waals surface area (Å²) >= 11 is 0. The monoisotopic (exact) mass is 409 g/mol. The number of piperidine rings is 1. The van der Waals surface area contributed by atoms with Crippen LogP contribution in [0.1, 0.15) is 26.2 Å². The second-order valence-corrected chi connectivity index (χ2v) is 8.23. The van der Waals surface area contributed by atoms with Crippen molar-refractivity contribution in [2.24, 2.45) is 5.92 Å². The van der Waals surface area contributed by atoms with Crippen molar-refractivity contribution in [2.45, 2.75) is 38.5 Å². The maximum Gasteiger partial charge on any atom is 0.223 e. The van der Waals surface area contributed by atoms with Crippen molar-refractivity contribution in [3.63, 3.8) is 0 Å². The van der Waals surface area contributed by atoms with E-state index in [-0.39, 0.29) is 24.1 Å². The first kappa shape index (κ1) is 20.8. The average molecular weight is 410 g/mol. The lowest BCUT2D eigenvalue weighted by molar-refractivity contribution is -0.128. The molecule has 7 nitrogen and oxygen atoms in total. The van der Waals surface area contributed by atoms with Gasteiger partial charge >= 0.3 is 0 Å². The van der Waals surface area contributed by atoms with E-state index in [1.54, 1.807) is 6.20 Å². The summed E-state index contributed by atoms with van der Waals surface area (Å²) < 4.78 is 6.02. The Hall–Kier alpha value is -2.51. The topological polar surface area (TPSA) is 70.6 Å². The summed E-state index contributed by atoms with van der Waals surface area (Å²) in [5, 5.41) is 3.25. The zero-order chi connectivity index (χ0) is 20.9. The van der Waals surface area contributed by atoms with Gasteiger partial charge in [-0.05, 0) is 51.6 Å². The van der Waals surface area contributed by atoms with Crippen molar-refractivity contribution in [3.8, 4) is 11.1 Å². The molecule has 1 N–H and O–H groups in total. The first-order valence-electron chi connectivity index (χ1n) is 10.9. The first-order chi connectivity index (χ1) is 14.6. The van der Waals surface area contributed by atoms with Crippen LogP contribution in [-0.4, -0.2) is 66.3 Å². The molecule has 0 aliphatic carbocycles. The molecule has 4 rings (SSSR count). The second kappa shape index (κ2) is 9.53. The fourth-order valence-electron chi connectivity index (χ4n) is 4.41. The molecule has 4 heterocycles. The minimum absolute atomic E-state index is 0.0154. The number of amides is 1. The van der Waals surface area contributed by atoms with Gasteiger partial charge in [-0.3, -0.25) is 9.78 Å². The molecule has 0 bridgehead atoms. The molecule has 1 amide bonds. The molecule has 2 aromatic heterocycles. The molecule has 0 aromatic carbocycles. The zero-order valence-electron chi connectivity index (χ0n) is 17.8. The number of hydrogen-bond donors (Lipinski definition) is 1. The molecule has 2 aliphatic heterocycles. The number of hydrogen-bond acceptors (Lipinski definition) is 6. The van der Waals surface area contributed by atoms with Crippen molar-refractivity contribution in [1.82, 2.24) is 20.2 Å². The molecule has 2 fully saturated rings. The number of aromatic nitrogens is 2. The Balaban J connectivity index is 1.41. The number of likely N-dealkylation sites (N-methyl/N-ethyl adjacent to an activating group) is 1. The molecule has 2 aromatic rings. The maximum atomic E-state index is 12.8. The van der Waals surface area contributed by atoms with E-state index in [0.717, 1.165) is 49.4 Å². The summed E-state index contributed by atoms with van der Waals surface area (Å²) in [5.41, 5.74) is 2.08. The van der Waals surface area contributed by atoms with Gasteiger partial charge in [-0.1, -0.05) is 6.07 Å². The Morgan fingerprint density at radius 2 is 2.07 bits per heavy atom. The number of anilines is 1. The first-order valence-corrected chi connectivity index (χ1v) is 10.9. The van der Waals surface area contributed by atoms with Crippen LogP contribution in [0.2, 0.25) is 0 Å². The number of nitrogens with one attached hydrogen (secondary N) is 1. The van der Waals surface area contributed by atoms with Crippen molar-refractivity contribution in [1.29, 1.82) is 0 Å². The lowest BCUT2D eigenvalue weighted by Gasteiger charge is -2.39. The number of carbonyl (C=O) groups is 1. The van der Waals surface area contributed by atoms with Crippen LogP contribution >= 0.6 is 0 Å². The lowest BCUT2D eigenvalue weighted by atomic mass is 9.94. The Labute approximate surface area is 178 Å². The fourth-order valence-corrected chi connectivity index (χ4v) is 4.41. The fraction of sp³-hybridized carbons (Fsp3) is 0.522. The summed E-state index contributed by atoms with van der Waals surface area (Å²) in [6.45, 7) is 5.34. The molecule has 3 atom stereocenters. The lowest BCUT2D eigenvalue weighted by Crippen LogP contribution is -2.49. The second-order valence-electron chi connectivity index (χ2n) is 8.23. The smallest absolute Gasteiger partial charge is 0.223 e. The standard InChI is InChI=1S/C23H31N5O2/c1-3-30-22-13-17(23(29)26-20-9-11-27(2)16-20)8-12-28(22)21-7-6-19(15-25-21)18-5-4-10-24-14-18/h4-7,10,14-15,17,20,22H,3,8-9,11-13,16H2,1-2H3,(H,26,29)/t17?,20-,22?/m1/s1. The Kier molecular flexibility index (Phi) is 6.59. The van der Waals surface area contributed by atoms with Crippen molar-refractivity contribution in [3.05, 3.63) is 42.9 Å². The van der Waals surface area contributed by atoms with Crippen LogP contribution in [0.25, 0.3) is 11.1 Å². The third-order valence-electron chi connectivity index (χ3n) is 6.06. The van der Waals surface area contributed by atoms with Crippen LogP contribution in [-0.2, 0) is 9.53 Å². The van der Waals surface area contributed by atoms with Gasteiger partial charge in [0.25, 0.3) is 0 Å². The molecule has 160 valence electrons. The summed E-state index contributed by atoms with van der Waals surface area (Å²) in [4.78, 5) is 26.1. The molecular weight excluding hydrogens is 378 g/mol. The molecule has 2 saturated heterocycles. The van der Waals surface area contributed by atoms with Crippen LogP contribution in [0.3, 0.4) is 0 Å². The largest absolute Gasteiger partial charge is 0.359 e. The van der Waals surface area contributed by atoms with Gasteiger partial charge in [-0.2, -0.15) is 0 Å². The van der Waals surface area contributed by atoms with Crippen molar-refractivity contribution >= 4 is 11.7 Å². The third-order valence-corrected chi connectivity index (χ3v) is 6.06. The predicted octanol–water partition coefficient (Wildman–Crippen LogP) is 2.54. The highest BCUT2D eigenvalue weighted by atomic mass is 16.5. The minimum Gasteiger partial charge on any atom is -0.359 e. The highest BCUT2D eigenvalue weighted by molar-refractivity contribution is 5.79. The van der Waals surface area contributed by atoms with Gasteiger partial charge in [0.2, 0.25) is 5.91 Å². The summed E-state index contributed by atoms with van der Waals surface area (Å²) in [7, 11) is 2.10. The number of carbonyl (C=O) groups excluding carboxylic acids is 1. The molecule has 30 heavy (non-hydrogen) atoms. The van der Waals surface area contributed by atoms with E-state index in [0.29, 0.717) is 13.0 Å². The van der Waals surface area contributed by atoms with E-state index < -0.39 is 0 Å². The molecule has 7 heteroatoms. The van der Waals surface area contributed by atoms with Gasteiger partial charge in [0, 0.05) is 67.8 Å². The molecule has 2 unspecified atom stereocenters.